The highest BCUT2D eigenvalue weighted by Crippen LogP contribution is 2.28. The van der Waals surface area contributed by atoms with Gasteiger partial charge in [-0.25, -0.2) is 0 Å². The Kier molecular flexibility index (Phi) is 5.07. The minimum absolute atomic E-state index is 0.791. The lowest BCUT2D eigenvalue weighted by atomic mass is 10.0. The summed E-state index contributed by atoms with van der Waals surface area (Å²) in [6.07, 6.45) is 6.77. The van der Waals surface area contributed by atoms with E-state index in [2.05, 4.69) is 10.2 Å². The van der Waals surface area contributed by atoms with Gasteiger partial charge in [0.05, 0.1) is 0 Å². The Morgan fingerprint density at radius 1 is 1.19 bits per heavy atom. The smallest absolute Gasteiger partial charge is 0.0474 e. The second kappa shape index (κ2) is 6.58. The fourth-order valence-electron chi connectivity index (χ4n) is 2.45. The Labute approximate surface area is 99.5 Å². The molecule has 1 heterocycles. The van der Waals surface area contributed by atoms with E-state index in [-0.39, 0.29) is 0 Å². The fourth-order valence-corrected chi connectivity index (χ4v) is 2.45. The number of hydrogen-bond acceptors (Lipinski definition) is 3. The lowest BCUT2D eigenvalue weighted by Crippen LogP contribution is -2.43. The Bertz CT molecular complexity index is 186. The van der Waals surface area contributed by atoms with Crippen molar-refractivity contribution >= 4 is 0 Å². The number of nitrogens with zero attached hydrogens (tertiary/aromatic N) is 1. The zero-order valence-electron chi connectivity index (χ0n) is 10.6. The van der Waals surface area contributed by atoms with Gasteiger partial charge in [-0.1, -0.05) is 0 Å². The number of ether oxygens (including phenoxy) is 1. The van der Waals surface area contributed by atoms with Crippen molar-refractivity contribution in [3.05, 3.63) is 0 Å². The summed E-state index contributed by atoms with van der Waals surface area (Å²) in [5, 5.41) is 3.72. The summed E-state index contributed by atoms with van der Waals surface area (Å²) < 4.78 is 5.09. The molecule has 0 spiro atoms. The number of likely N-dealkylation sites (tertiary alicyclic amines) is 1. The Balaban J connectivity index is 1.51. The van der Waals surface area contributed by atoms with Crippen molar-refractivity contribution in [3.8, 4) is 0 Å². The lowest BCUT2D eigenvalue weighted by Gasteiger charge is -2.32. The van der Waals surface area contributed by atoms with Crippen LogP contribution in [0.4, 0.5) is 0 Å². The summed E-state index contributed by atoms with van der Waals surface area (Å²) >= 11 is 0. The third-order valence-electron chi connectivity index (χ3n) is 3.80. The highest BCUT2D eigenvalue weighted by atomic mass is 16.5. The molecule has 1 aliphatic carbocycles. The van der Waals surface area contributed by atoms with Crippen molar-refractivity contribution in [3.63, 3.8) is 0 Å². The molecule has 16 heavy (non-hydrogen) atoms. The molecule has 0 aromatic rings. The number of nitrogens with one attached hydrogen (secondary N) is 1. The molecule has 0 bridgehead atoms. The molecule has 3 heteroatoms. The molecular weight excluding hydrogens is 200 g/mol. The van der Waals surface area contributed by atoms with Gasteiger partial charge in [-0.15, -0.1) is 0 Å². The quantitative estimate of drug-likeness (QED) is 0.666. The van der Waals surface area contributed by atoms with Crippen LogP contribution < -0.4 is 5.32 Å². The molecule has 1 aliphatic heterocycles. The van der Waals surface area contributed by atoms with Crippen LogP contribution in [-0.2, 0) is 4.74 Å². The van der Waals surface area contributed by atoms with E-state index in [1.807, 2.05) is 0 Å². The molecule has 0 atom stereocenters. The second-order valence-electron chi connectivity index (χ2n) is 5.31. The second-order valence-corrected chi connectivity index (χ2v) is 5.31. The van der Waals surface area contributed by atoms with Gasteiger partial charge in [0.2, 0.25) is 0 Å². The summed E-state index contributed by atoms with van der Waals surface area (Å²) in [6, 6.07) is 0.791. The van der Waals surface area contributed by atoms with Gasteiger partial charge in [0, 0.05) is 26.3 Å². The Morgan fingerprint density at radius 3 is 2.56 bits per heavy atom. The molecule has 0 radical (unpaired) electrons. The Morgan fingerprint density at radius 2 is 1.94 bits per heavy atom. The van der Waals surface area contributed by atoms with Crippen LogP contribution in [0.3, 0.4) is 0 Å². The van der Waals surface area contributed by atoms with Crippen LogP contribution in [-0.4, -0.2) is 50.8 Å². The van der Waals surface area contributed by atoms with Crippen molar-refractivity contribution in [2.45, 2.75) is 38.1 Å². The van der Waals surface area contributed by atoms with Crippen LogP contribution in [0.1, 0.15) is 32.1 Å². The van der Waals surface area contributed by atoms with E-state index in [0.29, 0.717) is 0 Å². The zero-order chi connectivity index (χ0) is 11.2. The first-order chi connectivity index (χ1) is 7.88. The molecule has 0 amide bonds. The van der Waals surface area contributed by atoms with Gasteiger partial charge in [-0.3, -0.25) is 0 Å². The van der Waals surface area contributed by atoms with Crippen LogP contribution >= 0.6 is 0 Å². The van der Waals surface area contributed by atoms with Crippen molar-refractivity contribution in [1.82, 2.24) is 10.2 Å². The molecule has 1 saturated carbocycles. The third-order valence-corrected chi connectivity index (χ3v) is 3.80. The molecule has 0 aromatic heterocycles. The van der Waals surface area contributed by atoms with Crippen molar-refractivity contribution in [1.29, 1.82) is 0 Å². The maximum Gasteiger partial charge on any atom is 0.0474 e. The topological polar surface area (TPSA) is 24.5 Å². The van der Waals surface area contributed by atoms with E-state index in [1.165, 1.54) is 58.3 Å². The third kappa shape index (κ3) is 4.40. The molecule has 0 unspecified atom stereocenters. The largest absolute Gasteiger partial charge is 0.385 e. The van der Waals surface area contributed by atoms with Gasteiger partial charge in [-0.05, 0) is 57.7 Å². The van der Waals surface area contributed by atoms with Crippen LogP contribution in [0.5, 0.6) is 0 Å². The molecular formula is C13H26N2O. The standard InChI is InChI=1S/C13H26N2O/c1-16-10-2-7-15-8-5-13(6-9-15)14-11-12-3-4-12/h12-14H,2-11H2,1H3. The highest BCUT2D eigenvalue weighted by molar-refractivity contribution is 4.81. The van der Waals surface area contributed by atoms with Gasteiger partial charge in [0.15, 0.2) is 0 Å². The van der Waals surface area contributed by atoms with E-state index >= 15 is 0 Å². The minimum atomic E-state index is 0.791. The number of methoxy groups -OCH3 is 1. The van der Waals surface area contributed by atoms with Crippen molar-refractivity contribution < 1.29 is 4.74 Å². The number of hydrogen-bond donors (Lipinski definition) is 1. The monoisotopic (exact) mass is 226 g/mol. The van der Waals surface area contributed by atoms with Crippen LogP contribution in [0.25, 0.3) is 0 Å². The lowest BCUT2D eigenvalue weighted by molar-refractivity contribution is 0.152. The van der Waals surface area contributed by atoms with Gasteiger partial charge in [-0.2, -0.15) is 0 Å². The summed E-state index contributed by atoms with van der Waals surface area (Å²) in [4.78, 5) is 2.58. The number of piperidine rings is 1. The van der Waals surface area contributed by atoms with Crippen molar-refractivity contribution in [2.24, 2.45) is 5.92 Å². The molecule has 2 fully saturated rings. The molecule has 2 aliphatic rings. The number of rotatable bonds is 7. The van der Waals surface area contributed by atoms with E-state index in [4.69, 9.17) is 4.74 Å². The van der Waals surface area contributed by atoms with Gasteiger partial charge in [0.25, 0.3) is 0 Å². The molecule has 1 N–H and O–H groups in total. The SMILES string of the molecule is COCCCN1CCC(NCC2CC2)CC1. The maximum absolute atomic E-state index is 5.09. The summed E-state index contributed by atoms with van der Waals surface area (Å²) in [7, 11) is 1.79. The van der Waals surface area contributed by atoms with E-state index < -0.39 is 0 Å². The first-order valence-corrected chi connectivity index (χ1v) is 6.83. The first-order valence-electron chi connectivity index (χ1n) is 6.83. The van der Waals surface area contributed by atoms with E-state index in [9.17, 15) is 0 Å². The average Bonchev–Trinajstić information content (AvgIpc) is 3.12. The van der Waals surface area contributed by atoms with Gasteiger partial charge in [0.1, 0.15) is 0 Å². The Hall–Kier alpha value is -0.120. The molecule has 2 rings (SSSR count). The summed E-state index contributed by atoms with van der Waals surface area (Å²) in [6.45, 7) is 5.93. The minimum Gasteiger partial charge on any atom is -0.385 e. The molecule has 0 aromatic carbocycles. The van der Waals surface area contributed by atoms with Crippen LogP contribution in [0.15, 0.2) is 0 Å². The van der Waals surface area contributed by atoms with Crippen LogP contribution in [0.2, 0.25) is 0 Å². The van der Waals surface area contributed by atoms with Crippen molar-refractivity contribution in [2.75, 3.05) is 39.9 Å². The summed E-state index contributed by atoms with van der Waals surface area (Å²) in [5.74, 6) is 1.01. The first kappa shape index (κ1) is 12.3. The maximum atomic E-state index is 5.09. The highest BCUT2D eigenvalue weighted by Gasteiger charge is 2.24. The molecule has 94 valence electrons. The van der Waals surface area contributed by atoms with Gasteiger partial charge >= 0.3 is 0 Å². The van der Waals surface area contributed by atoms with E-state index in [1.54, 1.807) is 7.11 Å². The summed E-state index contributed by atoms with van der Waals surface area (Å²) in [5.41, 5.74) is 0. The zero-order valence-corrected chi connectivity index (χ0v) is 10.6. The average molecular weight is 226 g/mol. The molecule has 3 nitrogen and oxygen atoms in total. The van der Waals surface area contributed by atoms with E-state index in [0.717, 1.165) is 18.6 Å². The van der Waals surface area contributed by atoms with Gasteiger partial charge < -0.3 is 15.0 Å². The molecule has 1 saturated heterocycles. The van der Waals surface area contributed by atoms with Crippen LogP contribution in [0, 0.1) is 5.92 Å². The normalized spacial score (nSPS) is 23.8. The predicted molar refractivity (Wildman–Crippen MR) is 66.7 cm³/mol. The fraction of sp³-hybridized carbons (Fsp3) is 1.00. The predicted octanol–water partition coefficient (Wildman–Crippen LogP) is 1.49.